The largest absolute Gasteiger partial charge is 0.370 e. The molecule has 0 aliphatic heterocycles. The number of hydrogen-bond donors (Lipinski definition) is 3. The minimum Gasteiger partial charge on any atom is -0.370 e. The van der Waals surface area contributed by atoms with E-state index < -0.39 is 10.0 Å². The first-order valence-electron chi connectivity index (χ1n) is 4.45. The highest BCUT2D eigenvalue weighted by atomic mass is 32.2. The van der Waals surface area contributed by atoms with Crippen LogP contribution in [0.2, 0.25) is 0 Å². The van der Waals surface area contributed by atoms with Crippen LogP contribution >= 0.6 is 0 Å². The Labute approximate surface area is 85.0 Å². The third kappa shape index (κ3) is 6.67. The topological polar surface area (TPSA) is 96.6 Å². The molecule has 0 fully saturated rings. The Balaban J connectivity index is 3.49. The van der Waals surface area contributed by atoms with E-state index in [-0.39, 0.29) is 5.75 Å². The van der Waals surface area contributed by atoms with E-state index in [0.717, 1.165) is 0 Å². The molecule has 6 nitrogen and oxygen atoms in total. The molecule has 0 bridgehead atoms. The molecule has 0 aromatic carbocycles. The number of rotatable bonds is 6. The summed E-state index contributed by atoms with van der Waals surface area (Å²) in [5.41, 5.74) is 5.37. The van der Waals surface area contributed by atoms with Crippen molar-refractivity contribution in [1.29, 1.82) is 0 Å². The van der Waals surface area contributed by atoms with Gasteiger partial charge in [0.15, 0.2) is 5.96 Å². The van der Waals surface area contributed by atoms with Crippen molar-refractivity contribution in [3.63, 3.8) is 0 Å². The van der Waals surface area contributed by atoms with Crippen LogP contribution < -0.4 is 15.8 Å². The number of nitrogens with zero attached hydrogens (tertiary/aromatic N) is 1. The molecular formula is C7H18N4O2S. The maximum Gasteiger partial charge on any atom is 0.211 e. The Bertz CT molecular complexity index is 273. The van der Waals surface area contributed by atoms with E-state index in [4.69, 9.17) is 5.73 Å². The average molecular weight is 222 g/mol. The second kappa shape index (κ2) is 6.61. The molecule has 0 radical (unpaired) electrons. The Morgan fingerprint density at radius 3 is 2.57 bits per heavy atom. The summed E-state index contributed by atoms with van der Waals surface area (Å²) in [5.74, 6) is 0.474. The normalized spacial score (nSPS) is 12.9. The molecule has 4 N–H and O–H groups in total. The first-order chi connectivity index (χ1) is 6.52. The third-order valence-corrected chi connectivity index (χ3v) is 3.01. The lowest BCUT2D eigenvalue weighted by atomic mass is 10.4. The van der Waals surface area contributed by atoms with Gasteiger partial charge in [0.25, 0.3) is 0 Å². The van der Waals surface area contributed by atoms with Gasteiger partial charge >= 0.3 is 0 Å². The molecule has 0 aromatic heterocycles. The maximum absolute atomic E-state index is 11.0. The van der Waals surface area contributed by atoms with E-state index in [1.807, 2.05) is 0 Å². The Kier molecular flexibility index (Phi) is 6.22. The zero-order valence-corrected chi connectivity index (χ0v) is 9.39. The van der Waals surface area contributed by atoms with Crippen molar-refractivity contribution >= 4 is 16.0 Å². The molecule has 0 atom stereocenters. The van der Waals surface area contributed by atoms with Gasteiger partial charge in [0.05, 0.1) is 5.75 Å². The van der Waals surface area contributed by atoms with Crippen LogP contribution in [0.1, 0.15) is 13.3 Å². The van der Waals surface area contributed by atoms with Crippen molar-refractivity contribution in [2.75, 3.05) is 25.9 Å². The van der Waals surface area contributed by atoms with Crippen LogP contribution in [0.4, 0.5) is 0 Å². The number of nitrogens with two attached hydrogens (primary N) is 1. The molecule has 84 valence electrons. The highest BCUT2D eigenvalue weighted by molar-refractivity contribution is 7.89. The molecule has 0 rings (SSSR count). The molecular weight excluding hydrogens is 204 g/mol. The zero-order chi connectivity index (χ0) is 11.0. The summed E-state index contributed by atoms with van der Waals surface area (Å²) < 4.78 is 24.4. The SMILES string of the molecule is CCS(=O)(=O)NCCCNC(N)=NC. The van der Waals surface area contributed by atoms with Gasteiger partial charge in [-0.15, -0.1) is 0 Å². The lowest BCUT2D eigenvalue weighted by Crippen LogP contribution is -2.34. The standard InChI is InChI=1S/C7H18N4O2S/c1-3-14(12,13)11-6-4-5-10-7(8)9-2/h11H,3-6H2,1-2H3,(H3,8,9,10). The quantitative estimate of drug-likeness (QED) is 0.300. The Morgan fingerprint density at radius 1 is 1.43 bits per heavy atom. The molecule has 7 heteroatoms. The fourth-order valence-corrected chi connectivity index (χ4v) is 1.37. The number of aliphatic imine (C=N–C) groups is 1. The number of nitrogens with one attached hydrogen (secondary N) is 2. The summed E-state index contributed by atoms with van der Waals surface area (Å²) in [4.78, 5) is 3.70. The maximum atomic E-state index is 11.0. The van der Waals surface area contributed by atoms with Crippen molar-refractivity contribution in [2.45, 2.75) is 13.3 Å². The van der Waals surface area contributed by atoms with Gasteiger partial charge in [0, 0.05) is 20.1 Å². The lowest BCUT2D eigenvalue weighted by molar-refractivity contribution is 0.580. The predicted octanol–water partition coefficient (Wildman–Crippen LogP) is -1.15. The summed E-state index contributed by atoms with van der Waals surface area (Å²) in [7, 11) is -1.48. The average Bonchev–Trinajstić information content (AvgIpc) is 2.17. The molecule has 0 unspecified atom stereocenters. The van der Waals surface area contributed by atoms with Crippen LogP contribution in [0.5, 0.6) is 0 Å². The zero-order valence-electron chi connectivity index (χ0n) is 8.58. The monoisotopic (exact) mass is 222 g/mol. The molecule has 14 heavy (non-hydrogen) atoms. The second-order valence-electron chi connectivity index (χ2n) is 2.69. The third-order valence-electron chi connectivity index (χ3n) is 1.60. The van der Waals surface area contributed by atoms with Crippen LogP contribution in [-0.2, 0) is 10.0 Å². The molecule has 0 aliphatic carbocycles. The predicted molar refractivity (Wildman–Crippen MR) is 57.6 cm³/mol. The molecule has 0 amide bonds. The van der Waals surface area contributed by atoms with E-state index in [1.54, 1.807) is 14.0 Å². The number of hydrogen-bond acceptors (Lipinski definition) is 3. The fourth-order valence-electron chi connectivity index (χ4n) is 0.714. The van der Waals surface area contributed by atoms with E-state index in [1.165, 1.54) is 0 Å². The van der Waals surface area contributed by atoms with Gasteiger partial charge in [-0.25, -0.2) is 13.1 Å². The Hall–Kier alpha value is -0.820. The summed E-state index contributed by atoms with van der Waals surface area (Å²) in [6, 6.07) is 0. The fraction of sp³-hybridized carbons (Fsp3) is 0.857. The van der Waals surface area contributed by atoms with Crippen molar-refractivity contribution in [3.05, 3.63) is 0 Å². The molecule has 0 heterocycles. The van der Waals surface area contributed by atoms with Crippen molar-refractivity contribution in [2.24, 2.45) is 10.7 Å². The number of sulfonamides is 1. The van der Waals surface area contributed by atoms with Gasteiger partial charge in [-0.2, -0.15) is 0 Å². The first-order valence-corrected chi connectivity index (χ1v) is 6.10. The first kappa shape index (κ1) is 13.2. The van der Waals surface area contributed by atoms with Crippen LogP contribution in [-0.4, -0.2) is 40.3 Å². The van der Waals surface area contributed by atoms with Crippen molar-refractivity contribution in [1.82, 2.24) is 10.0 Å². The lowest BCUT2D eigenvalue weighted by Gasteiger charge is -2.05. The van der Waals surface area contributed by atoms with Crippen LogP contribution in [0.3, 0.4) is 0 Å². The minimum absolute atomic E-state index is 0.110. The van der Waals surface area contributed by atoms with Gasteiger partial charge < -0.3 is 11.1 Å². The molecule has 0 aliphatic rings. The molecule has 0 saturated heterocycles. The van der Waals surface area contributed by atoms with E-state index >= 15 is 0 Å². The highest BCUT2D eigenvalue weighted by Crippen LogP contribution is 1.82. The van der Waals surface area contributed by atoms with Gasteiger partial charge in [0.1, 0.15) is 0 Å². The second-order valence-corrected chi connectivity index (χ2v) is 4.78. The molecule has 0 spiro atoms. The highest BCUT2D eigenvalue weighted by Gasteiger charge is 2.03. The molecule has 0 aromatic rings. The summed E-state index contributed by atoms with van der Waals surface area (Å²) in [6.07, 6.45) is 0.676. The Morgan fingerprint density at radius 2 is 2.07 bits per heavy atom. The van der Waals surface area contributed by atoms with Crippen LogP contribution in [0, 0.1) is 0 Å². The van der Waals surface area contributed by atoms with Gasteiger partial charge in [-0.3, -0.25) is 4.99 Å². The van der Waals surface area contributed by atoms with Crippen LogP contribution in [0.25, 0.3) is 0 Å². The van der Waals surface area contributed by atoms with Crippen molar-refractivity contribution < 1.29 is 8.42 Å². The number of guanidine groups is 1. The van der Waals surface area contributed by atoms with Gasteiger partial charge in [-0.05, 0) is 13.3 Å². The van der Waals surface area contributed by atoms with Crippen LogP contribution in [0.15, 0.2) is 4.99 Å². The van der Waals surface area contributed by atoms with Crippen molar-refractivity contribution in [3.8, 4) is 0 Å². The summed E-state index contributed by atoms with van der Waals surface area (Å²) in [6.45, 7) is 2.62. The van der Waals surface area contributed by atoms with Gasteiger partial charge in [-0.1, -0.05) is 0 Å². The summed E-state index contributed by atoms with van der Waals surface area (Å²) >= 11 is 0. The van der Waals surface area contributed by atoms with E-state index in [0.29, 0.717) is 25.5 Å². The van der Waals surface area contributed by atoms with E-state index in [9.17, 15) is 8.42 Å². The summed E-state index contributed by atoms with van der Waals surface area (Å²) in [5, 5.41) is 2.83. The van der Waals surface area contributed by atoms with E-state index in [2.05, 4.69) is 15.0 Å². The molecule has 0 saturated carbocycles. The minimum atomic E-state index is -3.07. The van der Waals surface area contributed by atoms with Gasteiger partial charge in [0.2, 0.25) is 10.0 Å². The smallest absolute Gasteiger partial charge is 0.211 e.